The van der Waals surface area contributed by atoms with E-state index in [2.05, 4.69) is 29.2 Å². The fourth-order valence-electron chi connectivity index (χ4n) is 4.09. The Morgan fingerprint density at radius 3 is 2.17 bits per heavy atom. The molecule has 0 saturated heterocycles. The van der Waals surface area contributed by atoms with E-state index in [9.17, 15) is 8.78 Å². The lowest BCUT2D eigenvalue weighted by Crippen LogP contribution is -2.26. The van der Waals surface area contributed by atoms with Gasteiger partial charge in [-0.15, -0.1) is 0 Å². The third-order valence-corrected chi connectivity index (χ3v) is 4.96. The third-order valence-electron chi connectivity index (χ3n) is 4.96. The van der Waals surface area contributed by atoms with Crippen molar-refractivity contribution in [1.29, 1.82) is 0 Å². The van der Waals surface area contributed by atoms with Crippen molar-refractivity contribution in [3.05, 3.63) is 52.4 Å². The van der Waals surface area contributed by atoms with Gasteiger partial charge in [-0.05, 0) is 31.3 Å². The van der Waals surface area contributed by atoms with Gasteiger partial charge in [0.2, 0.25) is 0 Å². The highest BCUT2D eigenvalue weighted by molar-refractivity contribution is 5.54. The SMILES string of the molecule is CN1CC2=C(C1)C(c1ccccc1OC(F)F)C1=C(CN(C)C1)N2. The zero-order chi connectivity index (χ0) is 16.8. The second kappa shape index (κ2) is 5.86. The van der Waals surface area contributed by atoms with Crippen LogP contribution in [0, 0.1) is 0 Å². The summed E-state index contributed by atoms with van der Waals surface area (Å²) in [6.07, 6.45) is 0. The largest absolute Gasteiger partial charge is 0.435 e. The van der Waals surface area contributed by atoms with Gasteiger partial charge in [-0.25, -0.2) is 0 Å². The molecule has 4 nitrogen and oxygen atoms in total. The van der Waals surface area contributed by atoms with Crippen molar-refractivity contribution in [2.24, 2.45) is 0 Å². The number of nitrogens with zero attached hydrogens (tertiary/aromatic N) is 2. The van der Waals surface area contributed by atoms with Crippen LogP contribution in [0.3, 0.4) is 0 Å². The molecule has 6 heteroatoms. The lowest BCUT2D eigenvalue weighted by Gasteiger charge is -2.29. The van der Waals surface area contributed by atoms with Gasteiger partial charge in [0, 0.05) is 49.1 Å². The molecule has 0 fully saturated rings. The summed E-state index contributed by atoms with van der Waals surface area (Å²) < 4.78 is 30.5. The van der Waals surface area contributed by atoms with Crippen molar-refractivity contribution < 1.29 is 13.5 Å². The number of hydrogen-bond donors (Lipinski definition) is 1. The summed E-state index contributed by atoms with van der Waals surface area (Å²) in [5, 5.41) is 3.59. The van der Waals surface area contributed by atoms with E-state index >= 15 is 0 Å². The van der Waals surface area contributed by atoms with Crippen molar-refractivity contribution in [3.63, 3.8) is 0 Å². The molecular formula is C18H21F2N3O. The van der Waals surface area contributed by atoms with Gasteiger partial charge in [0.05, 0.1) is 0 Å². The van der Waals surface area contributed by atoms with Gasteiger partial charge < -0.3 is 10.1 Å². The molecule has 128 valence electrons. The van der Waals surface area contributed by atoms with Crippen molar-refractivity contribution >= 4 is 0 Å². The Morgan fingerprint density at radius 2 is 1.58 bits per heavy atom. The second-order valence-electron chi connectivity index (χ2n) is 6.83. The lowest BCUT2D eigenvalue weighted by molar-refractivity contribution is -0.0505. The molecular weight excluding hydrogens is 312 g/mol. The van der Waals surface area contributed by atoms with Crippen molar-refractivity contribution in [2.45, 2.75) is 12.5 Å². The molecule has 24 heavy (non-hydrogen) atoms. The quantitative estimate of drug-likeness (QED) is 0.919. The molecule has 4 rings (SSSR count). The van der Waals surface area contributed by atoms with E-state index in [1.807, 2.05) is 12.1 Å². The number of ether oxygens (including phenoxy) is 1. The van der Waals surface area contributed by atoms with Crippen LogP contribution in [0.1, 0.15) is 11.5 Å². The molecule has 3 aliphatic rings. The van der Waals surface area contributed by atoms with Gasteiger partial charge in [0.25, 0.3) is 0 Å². The van der Waals surface area contributed by atoms with Gasteiger partial charge in [-0.1, -0.05) is 18.2 Å². The number of likely N-dealkylation sites (N-methyl/N-ethyl adjacent to an activating group) is 2. The summed E-state index contributed by atoms with van der Waals surface area (Å²) in [6.45, 7) is 0.605. The van der Waals surface area contributed by atoms with E-state index in [0.29, 0.717) is 0 Å². The maximum absolute atomic E-state index is 12.9. The molecule has 1 aromatic carbocycles. The monoisotopic (exact) mass is 333 g/mol. The molecule has 0 saturated carbocycles. The Morgan fingerprint density at radius 1 is 1.00 bits per heavy atom. The van der Waals surface area contributed by atoms with Gasteiger partial charge in [0.15, 0.2) is 0 Å². The minimum Gasteiger partial charge on any atom is -0.435 e. The smallest absolute Gasteiger partial charge is 0.387 e. The number of alkyl halides is 2. The normalized spacial score (nSPS) is 22.2. The summed E-state index contributed by atoms with van der Waals surface area (Å²) in [7, 11) is 4.16. The van der Waals surface area contributed by atoms with Crippen LogP contribution in [0.4, 0.5) is 8.78 Å². The number of benzene rings is 1. The fraction of sp³-hybridized carbons (Fsp3) is 0.444. The molecule has 0 spiro atoms. The number of hydrogen-bond acceptors (Lipinski definition) is 4. The zero-order valence-corrected chi connectivity index (χ0v) is 13.9. The maximum atomic E-state index is 12.9. The first-order valence-electron chi connectivity index (χ1n) is 8.14. The van der Waals surface area contributed by atoms with E-state index in [0.717, 1.165) is 31.7 Å². The van der Waals surface area contributed by atoms with E-state index in [4.69, 9.17) is 4.74 Å². The van der Waals surface area contributed by atoms with Crippen molar-refractivity contribution in [2.75, 3.05) is 40.3 Å². The molecule has 0 unspecified atom stereocenters. The first-order valence-corrected chi connectivity index (χ1v) is 8.14. The maximum Gasteiger partial charge on any atom is 0.387 e. The van der Waals surface area contributed by atoms with Crippen LogP contribution < -0.4 is 10.1 Å². The Hall–Kier alpha value is -1.92. The number of halogens is 2. The molecule has 0 radical (unpaired) electrons. The fourth-order valence-corrected chi connectivity index (χ4v) is 4.09. The number of dihydropyridines is 1. The van der Waals surface area contributed by atoms with Gasteiger partial charge in [0.1, 0.15) is 5.75 Å². The molecule has 1 aromatic rings. The van der Waals surface area contributed by atoms with Crippen LogP contribution in [0.5, 0.6) is 5.75 Å². The molecule has 0 amide bonds. The van der Waals surface area contributed by atoms with Crippen LogP contribution in [0.15, 0.2) is 46.8 Å². The summed E-state index contributed by atoms with van der Waals surface area (Å²) in [6, 6.07) is 7.20. The van der Waals surface area contributed by atoms with Crippen LogP contribution in [-0.2, 0) is 0 Å². The van der Waals surface area contributed by atoms with Crippen molar-refractivity contribution in [3.8, 4) is 5.75 Å². The average molecular weight is 333 g/mol. The van der Waals surface area contributed by atoms with E-state index in [-0.39, 0.29) is 11.7 Å². The minimum absolute atomic E-state index is 0.0149. The summed E-state index contributed by atoms with van der Waals surface area (Å²) >= 11 is 0. The molecule has 0 aliphatic carbocycles. The Kier molecular flexibility index (Phi) is 3.81. The zero-order valence-electron chi connectivity index (χ0n) is 13.9. The summed E-state index contributed by atoms with van der Waals surface area (Å²) in [4.78, 5) is 4.49. The molecule has 0 atom stereocenters. The van der Waals surface area contributed by atoms with Gasteiger partial charge in [-0.3, -0.25) is 9.80 Å². The van der Waals surface area contributed by atoms with Crippen LogP contribution >= 0.6 is 0 Å². The number of nitrogens with one attached hydrogen (secondary N) is 1. The van der Waals surface area contributed by atoms with E-state index in [1.54, 1.807) is 12.1 Å². The Bertz CT molecular complexity index is 695. The first-order chi connectivity index (χ1) is 11.5. The molecule has 3 aliphatic heterocycles. The van der Waals surface area contributed by atoms with Gasteiger partial charge in [-0.2, -0.15) is 8.78 Å². The highest BCUT2D eigenvalue weighted by Gasteiger charge is 2.39. The predicted molar refractivity (Wildman–Crippen MR) is 88.0 cm³/mol. The first kappa shape index (κ1) is 15.6. The van der Waals surface area contributed by atoms with Gasteiger partial charge >= 0.3 is 6.61 Å². The van der Waals surface area contributed by atoms with E-state index in [1.165, 1.54) is 22.5 Å². The summed E-state index contributed by atoms with van der Waals surface area (Å²) in [5.41, 5.74) is 5.81. The number of para-hydroxylation sites is 1. The highest BCUT2D eigenvalue weighted by Crippen LogP contribution is 2.45. The Labute approximate surface area is 140 Å². The minimum atomic E-state index is -2.81. The molecule has 3 heterocycles. The lowest BCUT2D eigenvalue weighted by atomic mass is 9.81. The standard InChI is InChI=1S/C18H21F2N3O/c1-22-7-12-14(9-22)21-15-10-23(2)8-13(15)17(12)11-5-3-4-6-16(11)24-18(19)20/h3-6,17-18,21H,7-10H2,1-2H3. The van der Waals surface area contributed by atoms with Crippen molar-refractivity contribution in [1.82, 2.24) is 15.1 Å². The predicted octanol–water partition coefficient (Wildman–Crippen LogP) is 2.37. The van der Waals surface area contributed by atoms with Crippen LogP contribution in [0.2, 0.25) is 0 Å². The van der Waals surface area contributed by atoms with Crippen LogP contribution in [-0.4, -0.2) is 56.7 Å². The third kappa shape index (κ3) is 2.59. The number of rotatable bonds is 3. The highest BCUT2D eigenvalue weighted by atomic mass is 19.3. The van der Waals surface area contributed by atoms with Crippen LogP contribution in [0.25, 0.3) is 0 Å². The summed E-state index contributed by atoms with van der Waals surface area (Å²) in [5.74, 6) is 0.295. The van der Waals surface area contributed by atoms with E-state index < -0.39 is 6.61 Å². The second-order valence-corrected chi connectivity index (χ2v) is 6.83. The molecule has 0 bridgehead atoms. The Balaban J connectivity index is 1.80. The molecule has 0 aromatic heterocycles. The average Bonchev–Trinajstić information content (AvgIpc) is 3.05. The topological polar surface area (TPSA) is 27.7 Å². The molecule has 1 N–H and O–H groups in total.